The molecule has 4 heterocycles. The van der Waals surface area contributed by atoms with Crippen molar-refractivity contribution in [2.45, 2.75) is 77.5 Å². The number of hydrogen-bond acceptors (Lipinski definition) is 8. The topological polar surface area (TPSA) is 175 Å². The summed E-state index contributed by atoms with van der Waals surface area (Å²) < 4.78 is 9.44. The van der Waals surface area contributed by atoms with Crippen LogP contribution in [0, 0.1) is 35.5 Å². The molecule has 0 radical (unpaired) electrons. The fraction of sp³-hybridized carbons (Fsp3) is 0.474. The highest BCUT2D eigenvalue weighted by molar-refractivity contribution is 5.87. The molecule has 4 amide bonds. The van der Waals surface area contributed by atoms with Crippen molar-refractivity contribution in [3.8, 4) is 23.7 Å². The summed E-state index contributed by atoms with van der Waals surface area (Å²) in [5.41, 5.74) is 2.85. The zero-order valence-corrected chi connectivity index (χ0v) is 30.4. The van der Waals surface area contributed by atoms with Gasteiger partial charge < -0.3 is 39.9 Å². The van der Waals surface area contributed by atoms with Gasteiger partial charge in [0.15, 0.2) is 0 Å². The molecule has 5 rings (SSSR count). The van der Waals surface area contributed by atoms with E-state index >= 15 is 0 Å². The zero-order valence-electron chi connectivity index (χ0n) is 30.4. The second-order valence-corrected chi connectivity index (χ2v) is 13.5. The van der Waals surface area contributed by atoms with Crippen LogP contribution in [0.2, 0.25) is 0 Å². The van der Waals surface area contributed by atoms with Gasteiger partial charge >= 0.3 is 12.2 Å². The van der Waals surface area contributed by atoms with E-state index in [2.05, 4.69) is 54.3 Å². The third-order valence-electron chi connectivity index (χ3n) is 9.24. The minimum atomic E-state index is -0.700. The Bertz CT molecular complexity index is 1740. The maximum absolute atomic E-state index is 13.4. The van der Waals surface area contributed by atoms with Gasteiger partial charge in [0.1, 0.15) is 35.1 Å². The van der Waals surface area contributed by atoms with Crippen LogP contribution in [0.3, 0.4) is 0 Å². The molecule has 0 saturated carbocycles. The lowest BCUT2D eigenvalue weighted by Gasteiger charge is -2.29. The first-order valence-electron chi connectivity index (χ1n) is 17.5. The van der Waals surface area contributed by atoms with Crippen LogP contribution in [0.15, 0.2) is 36.7 Å². The minimum Gasteiger partial charge on any atom is -0.453 e. The molecule has 2 saturated heterocycles. The van der Waals surface area contributed by atoms with E-state index in [0.717, 1.165) is 36.8 Å². The summed E-state index contributed by atoms with van der Waals surface area (Å²) in [5.74, 6) is 13.3. The molecule has 2 aromatic heterocycles. The summed E-state index contributed by atoms with van der Waals surface area (Å²) >= 11 is 0. The molecule has 274 valence electrons. The third-order valence-corrected chi connectivity index (χ3v) is 9.24. The lowest BCUT2D eigenvalue weighted by Crippen LogP contribution is -2.51. The van der Waals surface area contributed by atoms with Gasteiger partial charge in [-0.15, -0.1) is 0 Å². The lowest BCUT2D eigenvalue weighted by atomic mass is 10.0. The van der Waals surface area contributed by atoms with Gasteiger partial charge in [0, 0.05) is 24.2 Å². The summed E-state index contributed by atoms with van der Waals surface area (Å²) in [7, 11) is 2.55. The van der Waals surface area contributed by atoms with Gasteiger partial charge in [-0.3, -0.25) is 9.59 Å². The van der Waals surface area contributed by atoms with Crippen molar-refractivity contribution in [3.63, 3.8) is 0 Å². The summed E-state index contributed by atoms with van der Waals surface area (Å²) in [6, 6.07) is 5.68. The Hall–Kier alpha value is -5.76. The van der Waals surface area contributed by atoms with E-state index in [1.54, 1.807) is 22.2 Å². The molecule has 0 bridgehead atoms. The van der Waals surface area contributed by atoms with E-state index in [9.17, 15) is 19.2 Å². The van der Waals surface area contributed by atoms with E-state index in [0.29, 0.717) is 36.1 Å². The van der Waals surface area contributed by atoms with Gasteiger partial charge in [0.2, 0.25) is 11.8 Å². The number of nitrogens with one attached hydrogen (secondary N) is 4. The number of methoxy groups -OCH3 is 2. The summed E-state index contributed by atoms with van der Waals surface area (Å²) in [4.78, 5) is 69.6. The Morgan fingerprint density at radius 3 is 1.42 bits per heavy atom. The maximum atomic E-state index is 13.4. The van der Waals surface area contributed by atoms with Crippen LogP contribution in [0.25, 0.3) is 0 Å². The normalized spacial score (nSPS) is 17.8. The molecular weight excluding hydrogens is 664 g/mol. The number of amides is 4. The second-order valence-electron chi connectivity index (χ2n) is 13.5. The first-order chi connectivity index (χ1) is 25.0. The Balaban J connectivity index is 1.20. The van der Waals surface area contributed by atoms with Gasteiger partial charge in [0.05, 0.1) is 38.7 Å². The number of imidazole rings is 2. The molecule has 2 fully saturated rings. The van der Waals surface area contributed by atoms with Crippen LogP contribution in [-0.2, 0) is 19.1 Å². The van der Waals surface area contributed by atoms with Crippen LogP contribution in [0.5, 0.6) is 0 Å². The molecular formula is C38H46N8O6. The first kappa shape index (κ1) is 37.5. The first-order valence-corrected chi connectivity index (χ1v) is 17.5. The van der Waals surface area contributed by atoms with Crippen LogP contribution in [0.1, 0.15) is 99.6 Å². The lowest BCUT2D eigenvalue weighted by molar-refractivity contribution is -0.136. The highest BCUT2D eigenvalue weighted by Crippen LogP contribution is 2.32. The standard InChI is InChI=1S/C38H46N8O6/c1-23(2)31(43-37(49)51-5)35(47)45-19-7-9-29(45)33-39-21-27(41-33)17-15-25-11-13-26(14-12-25)16-18-28-22-40-34(42-28)30-10-8-20-46(30)36(48)32(24(3)4)44-38(50)52-6/h11-14,21-24,29-32H,7-10,19-20H2,1-6H3,(H,39,41)(H,40,42)(H,43,49)(H,44,50)/t29-,30-,31-,32-/m0/s1. The Labute approximate surface area is 303 Å². The van der Waals surface area contributed by atoms with Gasteiger partial charge in [0.25, 0.3) is 0 Å². The highest BCUT2D eigenvalue weighted by Gasteiger charge is 2.38. The number of H-pyrrole nitrogens is 2. The largest absolute Gasteiger partial charge is 0.453 e. The molecule has 3 aromatic rings. The quantitative estimate of drug-likeness (QED) is 0.254. The van der Waals surface area contributed by atoms with Gasteiger partial charge in [-0.2, -0.15) is 0 Å². The fourth-order valence-electron chi connectivity index (χ4n) is 6.44. The number of aromatic nitrogens is 4. The smallest absolute Gasteiger partial charge is 0.407 e. The summed E-state index contributed by atoms with van der Waals surface area (Å²) in [6.45, 7) is 8.68. The fourth-order valence-corrected chi connectivity index (χ4v) is 6.44. The van der Waals surface area contributed by atoms with E-state index in [1.165, 1.54) is 14.2 Å². The number of benzene rings is 1. The molecule has 0 unspecified atom stereocenters. The van der Waals surface area contributed by atoms with Gasteiger partial charge in [-0.1, -0.05) is 39.5 Å². The number of alkyl carbamates (subject to hydrolysis) is 2. The number of rotatable bonds is 8. The zero-order chi connectivity index (χ0) is 37.4. The average Bonchev–Trinajstić information content (AvgIpc) is 3.97. The van der Waals surface area contributed by atoms with Crippen LogP contribution in [0.4, 0.5) is 9.59 Å². The van der Waals surface area contributed by atoms with Crippen LogP contribution < -0.4 is 10.6 Å². The van der Waals surface area contributed by atoms with Crippen molar-refractivity contribution in [2.75, 3.05) is 27.3 Å². The molecule has 4 N–H and O–H groups in total. The average molecular weight is 711 g/mol. The third kappa shape index (κ3) is 8.93. The SMILES string of the molecule is COC(=O)N[C@H](C(=O)N1CCC[C@H]1c1ncc(C#Cc2ccc(C#Cc3cnc([C@@H]4CCCN4C(=O)[C@@H](NC(=O)OC)C(C)C)[nH]3)cc2)[nH]1)C(C)C. The predicted molar refractivity (Wildman–Crippen MR) is 191 cm³/mol. The second kappa shape index (κ2) is 17.0. The monoisotopic (exact) mass is 710 g/mol. The minimum absolute atomic E-state index is 0.115. The number of likely N-dealkylation sites (tertiary alicyclic amines) is 2. The number of hydrogen-bond donors (Lipinski definition) is 4. The Morgan fingerprint density at radius 1 is 0.692 bits per heavy atom. The molecule has 0 aliphatic carbocycles. The van der Waals surface area contributed by atoms with Crippen molar-refractivity contribution in [2.24, 2.45) is 11.8 Å². The van der Waals surface area contributed by atoms with Gasteiger partial charge in [-0.05, 0) is 73.6 Å². The van der Waals surface area contributed by atoms with E-state index in [4.69, 9.17) is 9.47 Å². The van der Waals surface area contributed by atoms with E-state index in [1.807, 2.05) is 52.0 Å². The molecule has 52 heavy (non-hydrogen) atoms. The number of ether oxygens (including phenoxy) is 2. The molecule has 4 atom stereocenters. The summed E-state index contributed by atoms with van der Waals surface area (Å²) in [6.07, 6.45) is 5.22. The number of carbonyl (C=O) groups is 4. The number of carbonyl (C=O) groups excluding carboxylic acids is 4. The van der Waals surface area contributed by atoms with Gasteiger partial charge in [-0.25, -0.2) is 19.6 Å². The number of aromatic amines is 2. The van der Waals surface area contributed by atoms with Crippen molar-refractivity contribution >= 4 is 24.0 Å². The van der Waals surface area contributed by atoms with Crippen LogP contribution >= 0.6 is 0 Å². The van der Waals surface area contributed by atoms with E-state index in [-0.39, 0.29) is 35.7 Å². The highest BCUT2D eigenvalue weighted by atomic mass is 16.5. The van der Waals surface area contributed by atoms with Crippen molar-refractivity contribution in [1.29, 1.82) is 0 Å². The summed E-state index contributed by atoms with van der Waals surface area (Å²) in [5, 5.41) is 5.33. The molecule has 1 aromatic carbocycles. The predicted octanol–water partition coefficient (Wildman–Crippen LogP) is 4.02. The number of nitrogens with zero attached hydrogens (tertiary/aromatic N) is 4. The molecule has 2 aliphatic heterocycles. The van der Waals surface area contributed by atoms with Crippen molar-refractivity contribution in [3.05, 3.63) is 70.8 Å². The Morgan fingerprint density at radius 2 is 1.08 bits per heavy atom. The van der Waals surface area contributed by atoms with Crippen LogP contribution in [-0.4, -0.2) is 93.1 Å². The molecule has 2 aliphatic rings. The van der Waals surface area contributed by atoms with E-state index < -0.39 is 24.3 Å². The van der Waals surface area contributed by atoms with Crippen molar-refractivity contribution in [1.82, 2.24) is 40.4 Å². The maximum Gasteiger partial charge on any atom is 0.407 e. The van der Waals surface area contributed by atoms with Crippen molar-refractivity contribution < 1.29 is 28.7 Å². The molecule has 0 spiro atoms. The molecule has 14 nitrogen and oxygen atoms in total. The Kier molecular flexibility index (Phi) is 12.2. The molecule has 14 heteroatoms.